The predicted octanol–water partition coefficient (Wildman–Crippen LogP) is 3.60. The smallest absolute Gasteiger partial charge is 0.259 e. The molecular weight excluding hydrogens is 269 g/mol. The largest absolute Gasteiger partial charge is 0.369 e. The van der Waals surface area contributed by atoms with Gasteiger partial charge in [0.15, 0.2) is 0 Å². The molecule has 0 atom stereocenters. The molecule has 2 aromatic rings. The van der Waals surface area contributed by atoms with E-state index in [4.69, 9.17) is 0 Å². The Morgan fingerprint density at radius 2 is 2.10 bits per heavy atom. The molecule has 1 aromatic heterocycles. The highest BCUT2D eigenvalue weighted by atomic mass is 19.1. The van der Waals surface area contributed by atoms with Gasteiger partial charge in [-0.2, -0.15) is 0 Å². The van der Waals surface area contributed by atoms with E-state index < -0.39 is 5.82 Å². The minimum atomic E-state index is -0.535. The molecule has 21 heavy (non-hydrogen) atoms. The van der Waals surface area contributed by atoms with Gasteiger partial charge in [0.1, 0.15) is 11.6 Å². The van der Waals surface area contributed by atoms with Gasteiger partial charge in [-0.05, 0) is 31.0 Å². The van der Waals surface area contributed by atoms with Crippen molar-refractivity contribution in [1.29, 1.82) is 0 Å². The molecule has 0 saturated heterocycles. The van der Waals surface area contributed by atoms with Crippen LogP contribution >= 0.6 is 0 Å². The van der Waals surface area contributed by atoms with Crippen molar-refractivity contribution in [2.45, 2.75) is 20.3 Å². The summed E-state index contributed by atoms with van der Waals surface area (Å²) >= 11 is 0. The summed E-state index contributed by atoms with van der Waals surface area (Å²) in [5.41, 5.74) is 1.85. The summed E-state index contributed by atoms with van der Waals surface area (Å²) in [6, 6.07) is 8.62. The van der Waals surface area contributed by atoms with Crippen LogP contribution < -0.4 is 10.6 Å². The lowest BCUT2D eigenvalue weighted by atomic mass is 10.1. The van der Waals surface area contributed by atoms with Crippen LogP contribution in [0.3, 0.4) is 0 Å². The van der Waals surface area contributed by atoms with Gasteiger partial charge in [-0.25, -0.2) is 9.37 Å². The third-order valence-corrected chi connectivity index (χ3v) is 3.03. The summed E-state index contributed by atoms with van der Waals surface area (Å²) in [6.45, 7) is 4.57. The van der Waals surface area contributed by atoms with Gasteiger partial charge in [0.05, 0.1) is 11.8 Å². The van der Waals surface area contributed by atoms with Crippen LogP contribution in [0.1, 0.15) is 29.3 Å². The normalized spacial score (nSPS) is 10.2. The topological polar surface area (TPSA) is 54.0 Å². The first-order valence-corrected chi connectivity index (χ1v) is 6.88. The number of halogens is 1. The van der Waals surface area contributed by atoms with E-state index in [1.165, 1.54) is 6.07 Å². The molecule has 1 amide bonds. The maximum atomic E-state index is 13.4. The van der Waals surface area contributed by atoms with E-state index in [-0.39, 0.29) is 11.5 Å². The lowest BCUT2D eigenvalue weighted by Crippen LogP contribution is -2.17. The van der Waals surface area contributed by atoms with Crippen molar-refractivity contribution in [3.8, 4) is 0 Å². The number of benzene rings is 1. The Labute approximate surface area is 123 Å². The molecule has 2 N–H and O–H groups in total. The van der Waals surface area contributed by atoms with Crippen molar-refractivity contribution in [3.63, 3.8) is 0 Å². The van der Waals surface area contributed by atoms with Gasteiger partial charge in [0.2, 0.25) is 0 Å². The Hall–Kier alpha value is -2.43. The molecule has 1 heterocycles. The molecule has 4 nitrogen and oxygen atoms in total. The number of hydrogen-bond acceptors (Lipinski definition) is 3. The van der Waals surface area contributed by atoms with Crippen molar-refractivity contribution in [2.24, 2.45) is 0 Å². The molecule has 0 spiro atoms. The van der Waals surface area contributed by atoms with Crippen molar-refractivity contribution < 1.29 is 9.18 Å². The fourth-order valence-corrected chi connectivity index (χ4v) is 1.90. The van der Waals surface area contributed by atoms with Crippen LogP contribution in [0.2, 0.25) is 0 Å². The minimum Gasteiger partial charge on any atom is -0.369 e. The molecule has 0 radical (unpaired) electrons. The molecule has 0 saturated carbocycles. The number of amides is 1. The van der Waals surface area contributed by atoms with Crippen LogP contribution in [-0.4, -0.2) is 17.4 Å². The first-order chi connectivity index (χ1) is 10.1. The molecule has 0 bridgehead atoms. The Morgan fingerprint density at radius 3 is 2.81 bits per heavy atom. The number of para-hydroxylation sites is 1. The van der Waals surface area contributed by atoms with Gasteiger partial charge in [0.25, 0.3) is 5.91 Å². The summed E-state index contributed by atoms with van der Waals surface area (Å²) in [5.74, 6) is -0.522. The zero-order valence-corrected chi connectivity index (χ0v) is 12.1. The number of nitrogens with zero attached hydrogens (tertiary/aromatic N) is 1. The molecule has 110 valence electrons. The summed E-state index contributed by atoms with van der Waals surface area (Å²) in [6.07, 6.45) is 1.99. The van der Waals surface area contributed by atoms with Gasteiger partial charge in [-0.15, -0.1) is 0 Å². The molecular formula is C16H18FN3O. The molecule has 2 rings (SSSR count). The van der Waals surface area contributed by atoms with Crippen LogP contribution in [0.25, 0.3) is 0 Å². The Balaban J connectivity index is 2.25. The number of carbonyl (C=O) groups excluding carboxylic acids is 1. The number of aryl methyl sites for hydroxylation is 1. The van der Waals surface area contributed by atoms with Crippen molar-refractivity contribution >= 4 is 17.4 Å². The fourth-order valence-electron chi connectivity index (χ4n) is 1.90. The average Bonchev–Trinajstić information content (AvgIpc) is 2.48. The maximum absolute atomic E-state index is 13.4. The second-order valence-electron chi connectivity index (χ2n) is 4.75. The van der Waals surface area contributed by atoms with E-state index in [2.05, 4.69) is 15.6 Å². The highest BCUT2D eigenvalue weighted by Crippen LogP contribution is 2.18. The zero-order chi connectivity index (χ0) is 15.2. The molecule has 1 aromatic carbocycles. The second-order valence-corrected chi connectivity index (χ2v) is 4.75. The Bertz CT molecular complexity index is 643. The SMILES string of the molecule is CCCNc1ncc(F)cc1C(=O)Nc1ccccc1C. The van der Waals surface area contributed by atoms with E-state index >= 15 is 0 Å². The number of hydrogen-bond donors (Lipinski definition) is 2. The second kappa shape index (κ2) is 6.83. The number of anilines is 2. The minimum absolute atomic E-state index is 0.201. The monoisotopic (exact) mass is 287 g/mol. The highest BCUT2D eigenvalue weighted by Gasteiger charge is 2.14. The number of nitrogens with one attached hydrogen (secondary N) is 2. The maximum Gasteiger partial charge on any atom is 0.259 e. The van der Waals surface area contributed by atoms with Crippen molar-refractivity contribution in [2.75, 3.05) is 17.2 Å². The summed E-state index contributed by atoms with van der Waals surface area (Å²) < 4.78 is 13.4. The Morgan fingerprint density at radius 1 is 1.33 bits per heavy atom. The van der Waals surface area contributed by atoms with Crippen LogP contribution in [0.15, 0.2) is 36.5 Å². The van der Waals surface area contributed by atoms with Gasteiger partial charge in [-0.3, -0.25) is 4.79 Å². The first kappa shape index (κ1) is 15.0. The summed E-state index contributed by atoms with van der Waals surface area (Å²) in [4.78, 5) is 16.3. The molecule has 5 heteroatoms. The van der Waals surface area contributed by atoms with Gasteiger partial charge >= 0.3 is 0 Å². The standard InChI is InChI=1S/C16H18FN3O/c1-3-8-18-15-13(9-12(17)10-19-15)16(21)20-14-7-5-4-6-11(14)2/h4-7,9-10H,3,8H2,1-2H3,(H,18,19)(H,20,21). The van der Waals surface area contributed by atoms with Crippen LogP contribution in [0, 0.1) is 12.7 Å². The number of carbonyl (C=O) groups is 1. The number of pyridine rings is 1. The van der Waals surface area contributed by atoms with Gasteiger partial charge in [0, 0.05) is 12.2 Å². The summed E-state index contributed by atoms with van der Waals surface area (Å²) in [7, 11) is 0. The number of rotatable bonds is 5. The first-order valence-electron chi connectivity index (χ1n) is 6.88. The molecule has 0 unspecified atom stereocenters. The van der Waals surface area contributed by atoms with Crippen LogP contribution in [-0.2, 0) is 0 Å². The van der Waals surface area contributed by atoms with E-state index in [9.17, 15) is 9.18 Å². The van der Waals surface area contributed by atoms with Gasteiger partial charge < -0.3 is 10.6 Å². The average molecular weight is 287 g/mol. The fraction of sp³-hybridized carbons (Fsp3) is 0.250. The summed E-state index contributed by atoms with van der Waals surface area (Å²) in [5, 5.41) is 5.82. The van der Waals surface area contributed by atoms with E-state index in [0.717, 1.165) is 18.2 Å². The van der Waals surface area contributed by atoms with Crippen molar-refractivity contribution in [3.05, 3.63) is 53.5 Å². The predicted molar refractivity (Wildman–Crippen MR) is 82.1 cm³/mol. The molecule has 0 aliphatic heterocycles. The number of aromatic nitrogens is 1. The molecule has 0 aliphatic rings. The lowest BCUT2D eigenvalue weighted by molar-refractivity contribution is 0.102. The third-order valence-electron chi connectivity index (χ3n) is 3.03. The quantitative estimate of drug-likeness (QED) is 0.883. The van der Waals surface area contributed by atoms with Crippen molar-refractivity contribution in [1.82, 2.24) is 4.98 Å². The van der Waals surface area contributed by atoms with E-state index in [1.54, 1.807) is 6.07 Å². The van der Waals surface area contributed by atoms with Gasteiger partial charge in [-0.1, -0.05) is 25.1 Å². The zero-order valence-electron chi connectivity index (χ0n) is 12.1. The highest BCUT2D eigenvalue weighted by molar-refractivity contribution is 6.07. The van der Waals surface area contributed by atoms with Crippen LogP contribution in [0.5, 0.6) is 0 Å². The van der Waals surface area contributed by atoms with E-state index in [0.29, 0.717) is 18.1 Å². The molecule has 0 fully saturated rings. The Kier molecular flexibility index (Phi) is 4.87. The van der Waals surface area contributed by atoms with Crippen LogP contribution in [0.4, 0.5) is 15.9 Å². The third kappa shape index (κ3) is 3.78. The van der Waals surface area contributed by atoms with E-state index in [1.807, 2.05) is 32.0 Å². The molecule has 0 aliphatic carbocycles. The lowest BCUT2D eigenvalue weighted by Gasteiger charge is -2.12.